The van der Waals surface area contributed by atoms with Crippen molar-refractivity contribution in [3.8, 4) is 0 Å². The fraction of sp³-hybridized carbons (Fsp3) is 0.492. The molecule has 0 aromatic rings. The lowest BCUT2D eigenvalue weighted by Gasteiger charge is -2.18. The summed E-state index contributed by atoms with van der Waals surface area (Å²) < 4.78 is 16.7. The normalized spacial score (nSPS) is 13.5. The highest BCUT2D eigenvalue weighted by molar-refractivity contribution is 5.71. The summed E-state index contributed by atoms with van der Waals surface area (Å²) in [5.41, 5.74) is 0. The molecule has 0 aliphatic rings. The zero-order valence-corrected chi connectivity index (χ0v) is 42.1. The third-order valence-electron chi connectivity index (χ3n) is 9.92. The Labute approximate surface area is 409 Å². The smallest absolute Gasteiger partial charge is 0.306 e. The standard InChI is InChI=1S/C61H90O6/c1-4-7-10-13-16-19-22-25-28-30-33-36-39-42-45-48-51-54-60(63)66-57-58(56-65-59(62)53-50-47-44-41-38-35-32-27-24-21-18-15-12-9-6-3)67-61(64)55-52-49-46-43-40-37-34-31-29-26-23-20-17-14-11-8-5-2/h7-13,15-22,24-26,28-30,33-34,36-37,39,43,46,58H,4-6,14,23,27,31-32,35,38,40-42,44-45,47-57H2,1-3H3/b10-7-,11-8-,12-9-,16-13-,18-15-,20-17-,22-19-,24-21-,28-25-,29-26-,33-30+,37-34-,39-36-,46-43-. The van der Waals surface area contributed by atoms with Crippen molar-refractivity contribution in [3.05, 3.63) is 170 Å². The van der Waals surface area contributed by atoms with Gasteiger partial charge in [-0.15, -0.1) is 0 Å². The van der Waals surface area contributed by atoms with Crippen LogP contribution in [0, 0.1) is 0 Å². The van der Waals surface area contributed by atoms with Gasteiger partial charge in [0, 0.05) is 19.3 Å². The molecule has 67 heavy (non-hydrogen) atoms. The lowest BCUT2D eigenvalue weighted by Crippen LogP contribution is -2.30. The van der Waals surface area contributed by atoms with E-state index in [1.807, 2.05) is 60.8 Å². The molecule has 0 rings (SSSR count). The van der Waals surface area contributed by atoms with E-state index in [4.69, 9.17) is 14.2 Å². The lowest BCUT2D eigenvalue weighted by molar-refractivity contribution is -0.167. The van der Waals surface area contributed by atoms with Crippen molar-refractivity contribution in [1.82, 2.24) is 0 Å². The third kappa shape index (κ3) is 51.6. The maximum absolute atomic E-state index is 12.8. The first-order valence-corrected chi connectivity index (χ1v) is 25.8. The Bertz CT molecular complexity index is 1620. The van der Waals surface area contributed by atoms with Gasteiger partial charge in [-0.2, -0.15) is 0 Å². The van der Waals surface area contributed by atoms with Crippen LogP contribution in [-0.2, 0) is 28.6 Å². The first kappa shape index (κ1) is 61.8. The Kier molecular flexibility index (Phi) is 49.2. The summed E-state index contributed by atoms with van der Waals surface area (Å²) in [7, 11) is 0. The number of carbonyl (C=O) groups is 3. The van der Waals surface area contributed by atoms with Gasteiger partial charge in [-0.05, 0) is 96.3 Å². The van der Waals surface area contributed by atoms with Crippen LogP contribution in [0.4, 0.5) is 0 Å². The van der Waals surface area contributed by atoms with Crippen LogP contribution in [0.5, 0.6) is 0 Å². The number of carbonyl (C=O) groups excluding carboxylic acids is 3. The first-order valence-electron chi connectivity index (χ1n) is 25.8. The molecule has 0 aromatic heterocycles. The van der Waals surface area contributed by atoms with Gasteiger partial charge in [0.25, 0.3) is 0 Å². The average molecular weight is 919 g/mol. The van der Waals surface area contributed by atoms with Crippen molar-refractivity contribution in [3.63, 3.8) is 0 Å². The van der Waals surface area contributed by atoms with E-state index >= 15 is 0 Å². The first-order chi connectivity index (χ1) is 33.0. The maximum atomic E-state index is 12.8. The number of hydrogen-bond donors (Lipinski definition) is 0. The van der Waals surface area contributed by atoms with Crippen LogP contribution < -0.4 is 0 Å². The van der Waals surface area contributed by atoms with Gasteiger partial charge < -0.3 is 14.2 Å². The molecule has 0 aromatic carbocycles. The van der Waals surface area contributed by atoms with Gasteiger partial charge in [-0.3, -0.25) is 14.4 Å². The molecule has 0 spiro atoms. The third-order valence-corrected chi connectivity index (χ3v) is 9.92. The summed E-state index contributed by atoms with van der Waals surface area (Å²) in [5.74, 6) is -1.06. The summed E-state index contributed by atoms with van der Waals surface area (Å²) in [6, 6.07) is 0. The summed E-state index contributed by atoms with van der Waals surface area (Å²) in [6.45, 7) is 6.12. The second-order valence-electron chi connectivity index (χ2n) is 16.1. The van der Waals surface area contributed by atoms with Crippen LogP contribution in [0.15, 0.2) is 170 Å². The Morgan fingerprint density at radius 3 is 1.06 bits per heavy atom. The quantitative estimate of drug-likeness (QED) is 0.0199. The molecule has 1 unspecified atom stereocenters. The number of rotatable bonds is 43. The molecule has 0 saturated heterocycles. The van der Waals surface area contributed by atoms with Crippen molar-refractivity contribution in [2.24, 2.45) is 0 Å². The van der Waals surface area contributed by atoms with E-state index in [1.54, 1.807) is 0 Å². The SMILES string of the molecule is CC\C=C/C=C\C=C/C=C\C=C\C=C/CCCCCC(=O)OCC(COC(=O)CCCCCCCCC\C=C/C=C\C=C/CC)OC(=O)CCC/C=C\C/C=C\C/C=C\C/C=C\C/C=C\CC. The number of ether oxygens (including phenoxy) is 3. The zero-order chi connectivity index (χ0) is 48.6. The molecule has 370 valence electrons. The van der Waals surface area contributed by atoms with E-state index in [2.05, 4.69) is 130 Å². The maximum Gasteiger partial charge on any atom is 0.306 e. The Morgan fingerprint density at radius 1 is 0.313 bits per heavy atom. The Balaban J connectivity index is 4.64. The van der Waals surface area contributed by atoms with E-state index < -0.39 is 12.1 Å². The van der Waals surface area contributed by atoms with Gasteiger partial charge in [0.1, 0.15) is 13.2 Å². The van der Waals surface area contributed by atoms with E-state index in [1.165, 1.54) is 19.3 Å². The largest absolute Gasteiger partial charge is 0.462 e. The Hall–Kier alpha value is -5.23. The second kappa shape index (κ2) is 53.4. The highest BCUT2D eigenvalue weighted by Crippen LogP contribution is 2.12. The van der Waals surface area contributed by atoms with Crippen molar-refractivity contribution in [2.75, 3.05) is 13.2 Å². The van der Waals surface area contributed by atoms with Crippen molar-refractivity contribution < 1.29 is 28.6 Å². The van der Waals surface area contributed by atoms with Gasteiger partial charge in [0.2, 0.25) is 0 Å². The van der Waals surface area contributed by atoms with Gasteiger partial charge in [0.05, 0.1) is 0 Å². The lowest BCUT2D eigenvalue weighted by atomic mass is 10.1. The predicted molar refractivity (Wildman–Crippen MR) is 288 cm³/mol. The van der Waals surface area contributed by atoms with Crippen LogP contribution >= 0.6 is 0 Å². The molecule has 0 fully saturated rings. The minimum absolute atomic E-state index is 0.131. The molecule has 0 heterocycles. The fourth-order valence-electron chi connectivity index (χ4n) is 6.15. The molecule has 6 heteroatoms. The van der Waals surface area contributed by atoms with Gasteiger partial charge in [-0.1, -0.05) is 229 Å². The number of allylic oxidation sites excluding steroid dienone is 28. The van der Waals surface area contributed by atoms with Crippen molar-refractivity contribution in [1.29, 1.82) is 0 Å². The molecule has 0 aliphatic heterocycles. The molecule has 6 nitrogen and oxygen atoms in total. The topological polar surface area (TPSA) is 78.9 Å². The number of esters is 3. The predicted octanol–water partition coefficient (Wildman–Crippen LogP) is 17.2. The summed E-state index contributed by atoms with van der Waals surface area (Å²) in [6.07, 6.45) is 79.1. The number of hydrogen-bond acceptors (Lipinski definition) is 6. The Morgan fingerprint density at radius 2 is 0.627 bits per heavy atom. The van der Waals surface area contributed by atoms with Crippen molar-refractivity contribution >= 4 is 17.9 Å². The molecule has 0 bridgehead atoms. The zero-order valence-electron chi connectivity index (χ0n) is 42.1. The van der Waals surface area contributed by atoms with Crippen LogP contribution in [0.3, 0.4) is 0 Å². The second-order valence-corrected chi connectivity index (χ2v) is 16.1. The highest BCUT2D eigenvalue weighted by atomic mass is 16.6. The molecule has 0 radical (unpaired) electrons. The van der Waals surface area contributed by atoms with E-state index in [-0.39, 0.29) is 38.0 Å². The minimum Gasteiger partial charge on any atom is -0.462 e. The van der Waals surface area contributed by atoms with Crippen LogP contribution in [-0.4, -0.2) is 37.2 Å². The van der Waals surface area contributed by atoms with Gasteiger partial charge in [0.15, 0.2) is 6.10 Å². The molecular weight excluding hydrogens is 829 g/mol. The molecule has 0 N–H and O–H groups in total. The van der Waals surface area contributed by atoms with E-state index in [9.17, 15) is 14.4 Å². The average Bonchev–Trinajstić information content (AvgIpc) is 3.33. The fourth-order valence-corrected chi connectivity index (χ4v) is 6.15. The molecule has 1 atom stereocenters. The van der Waals surface area contributed by atoms with E-state index in [0.29, 0.717) is 19.3 Å². The van der Waals surface area contributed by atoms with Crippen molar-refractivity contribution in [2.45, 2.75) is 181 Å². The monoisotopic (exact) mass is 919 g/mol. The van der Waals surface area contributed by atoms with Gasteiger partial charge >= 0.3 is 17.9 Å². The van der Waals surface area contributed by atoms with Crippen LogP contribution in [0.25, 0.3) is 0 Å². The summed E-state index contributed by atoms with van der Waals surface area (Å²) in [5, 5.41) is 0. The summed E-state index contributed by atoms with van der Waals surface area (Å²) in [4.78, 5) is 38.0. The van der Waals surface area contributed by atoms with Gasteiger partial charge in [-0.25, -0.2) is 0 Å². The summed E-state index contributed by atoms with van der Waals surface area (Å²) >= 11 is 0. The molecule has 0 saturated carbocycles. The number of unbranched alkanes of at least 4 members (excludes halogenated alkanes) is 11. The minimum atomic E-state index is -0.841. The van der Waals surface area contributed by atoms with Crippen LogP contribution in [0.1, 0.15) is 175 Å². The van der Waals surface area contributed by atoms with Crippen LogP contribution in [0.2, 0.25) is 0 Å². The highest BCUT2D eigenvalue weighted by Gasteiger charge is 2.19. The molecule has 0 amide bonds. The van der Waals surface area contributed by atoms with E-state index in [0.717, 1.165) is 103 Å². The molecular formula is C61H90O6. The molecule has 0 aliphatic carbocycles.